The zero-order chi connectivity index (χ0) is 12.0. The first-order chi connectivity index (χ1) is 7.69. The fraction of sp³-hybridized carbons (Fsp3) is 0.600. The molecule has 1 aromatic heterocycles. The van der Waals surface area contributed by atoms with Crippen LogP contribution in [-0.4, -0.2) is 30.2 Å². The molecule has 0 N–H and O–H groups in total. The van der Waals surface area contributed by atoms with Crippen molar-refractivity contribution < 1.29 is 35.9 Å². The fourth-order valence-corrected chi connectivity index (χ4v) is 1.78. The first-order valence-electron chi connectivity index (χ1n) is 5.28. The summed E-state index contributed by atoms with van der Waals surface area (Å²) in [4.78, 5) is 8.53. The Morgan fingerprint density at radius 3 is 2.12 bits per heavy atom. The van der Waals surface area contributed by atoms with Crippen molar-refractivity contribution in [3.05, 3.63) is 18.2 Å². The molecular weight excluding hydrogens is 395 g/mol. The van der Waals surface area contributed by atoms with Crippen LogP contribution >= 0.6 is 0 Å². The molecule has 85 valence electrons. The summed E-state index contributed by atoms with van der Waals surface area (Å²) in [7, 11) is 2.03. The summed E-state index contributed by atoms with van der Waals surface area (Å²) in [6.45, 7) is 5.01. The van der Waals surface area contributed by atoms with E-state index in [-0.39, 0.29) is 0 Å². The summed E-state index contributed by atoms with van der Waals surface area (Å²) < 4.78 is 13.0. The Labute approximate surface area is 113 Å². The standard InChI is InChI=1S/C10H16N3O2.Hg/c1-4-14-10(15-5-2)9-12-6-8(11-3)7-13-9;/h6-7,10H,4-5H2,1-3H3;/q-1;+1. The summed E-state index contributed by atoms with van der Waals surface area (Å²) in [5, 5.41) is 0. The first kappa shape index (κ1) is 13.8. The van der Waals surface area contributed by atoms with Crippen molar-refractivity contribution in [3.63, 3.8) is 0 Å². The molecule has 0 radical (unpaired) electrons. The van der Waals surface area contributed by atoms with Gasteiger partial charge in [-0.15, -0.1) is 0 Å². The third-order valence-corrected chi connectivity index (χ3v) is 3.37. The van der Waals surface area contributed by atoms with Gasteiger partial charge in [0.2, 0.25) is 0 Å². The van der Waals surface area contributed by atoms with Crippen molar-refractivity contribution in [2.24, 2.45) is 0 Å². The average molecular weight is 411 g/mol. The van der Waals surface area contributed by atoms with Crippen molar-refractivity contribution in [2.75, 3.05) is 22.9 Å². The molecule has 1 heterocycles. The fourth-order valence-electron chi connectivity index (χ4n) is 1.15. The van der Waals surface area contributed by atoms with E-state index in [1.807, 2.05) is 20.9 Å². The molecule has 0 atom stereocenters. The number of ether oxygens (including phenoxy) is 2. The van der Waals surface area contributed by atoms with Gasteiger partial charge in [0.25, 0.3) is 0 Å². The van der Waals surface area contributed by atoms with Crippen LogP contribution in [0, 0.1) is 0 Å². The van der Waals surface area contributed by atoms with Gasteiger partial charge in [-0.3, -0.25) is 0 Å². The minimum absolute atomic E-state index is 0.451. The Hall–Kier alpha value is -0.265. The van der Waals surface area contributed by atoms with Gasteiger partial charge in [0.1, 0.15) is 0 Å². The molecule has 0 unspecified atom stereocenters. The van der Waals surface area contributed by atoms with Crippen molar-refractivity contribution in [1.82, 2.24) is 9.97 Å². The van der Waals surface area contributed by atoms with Gasteiger partial charge in [-0.25, -0.2) is 0 Å². The molecule has 0 aliphatic carbocycles. The topological polar surface area (TPSA) is 47.5 Å². The van der Waals surface area contributed by atoms with Crippen LogP contribution in [0.25, 0.3) is 0 Å². The van der Waals surface area contributed by atoms with Crippen LogP contribution < -0.4 is 2.66 Å². The second-order valence-electron chi connectivity index (χ2n) is 3.24. The summed E-state index contributed by atoms with van der Waals surface area (Å²) >= 11 is 0.544. The Kier molecular flexibility index (Phi) is 6.16. The van der Waals surface area contributed by atoms with Gasteiger partial charge in [-0.05, 0) is 0 Å². The molecule has 0 fully saturated rings. The maximum absolute atomic E-state index is 5.42. The molecule has 0 aromatic carbocycles. The zero-order valence-electron chi connectivity index (χ0n) is 10.0. The molecule has 0 saturated carbocycles. The summed E-state index contributed by atoms with van der Waals surface area (Å²) in [5.41, 5.74) is 1.04. The van der Waals surface area contributed by atoms with Crippen LogP contribution in [0.3, 0.4) is 0 Å². The van der Waals surface area contributed by atoms with E-state index in [0.717, 1.165) is 5.69 Å². The first-order valence-corrected chi connectivity index (χ1v) is 7.74. The summed E-state index contributed by atoms with van der Waals surface area (Å²) in [6, 6.07) is 0. The Bertz CT molecular complexity index is 299. The van der Waals surface area contributed by atoms with Crippen LogP contribution in [0.4, 0.5) is 5.69 Å². The summed E-state index contributed by atoms with van der Waals surface area (Å²) in [6.07, 6.45) is 3.16. The van der Waals surface area contributed by atoms with Crippen LogP contribution in [0.5, 0.6) is 0 Å². The van der Waals surface area contributed by atoms with Gasteiger partial charge in [0, 0.05) is 0 Å². The van der Waals surface area contributed by atoms with E-state index in [1.54, 1.807) is 12.4 Å². The second kappa shape index (κ2) is 7.14. The van der Waals surface area contributed by atoms with Crippen molar-refractivity contribution >= 4 is 5.69 Å². The second-order valence-corrected chi connectivity index (χ2v) is 6.93. The number of hydrogen-bond donors (Lipinski definition) is 0. The van der Waals surface area contributed by atoms with E-state index in [1.165, 1.54) is 0 Å². The number of aromatic nitrogens is 2. The number of anilines is 1. The van der Waals surface area contributed by atoms with E-state index < -0.39 is 6.29 Å². The Morgan fingerprint density at radius 2 is 1.75 bits per heavy atom. The van der Waals surface area contributed by atoms with Gasteiger partial charge < -0.3 is 0 Å². The molecule has 16 heavy (non-hydrogen) atoms. The molecule has 0 bridgehead atoms. The molecule has 0 saturated heterocycles. The molecule has 6 heteroatoms. The summed E-state index contributed by atoms with van der Waals surface area (Å²) in [5.74, 6) is 0.586. The number of rotatable bonds is 6. The van der Waals surface area contributed by atoms with Crippen molar-refractivity contribution in [3.8, 4) is 0 Å². The van der Waals surface area contributed by atoms with E-state index in [2.05, 4.69) is 12.6 Å². The van der Waals surface area contributed by atoms with Crippen LogP contribution in [-0.2, 0) is 35.9 Å². The van der Waals surface area contributed by atoms with Crippen LogP contribution in [0.15, 0.2) is 12.4 Å². The van der Waals surface area contributed by atoms with Gasteiger partial charge in [0.15, 0.2) is 0 Å². The van der Waals surface area contributed by atoms with Gasteiger partial charge in [-0.2, -0.15) is 0 Å². The molecule has 1 rings (SSSR count). The monoisotopic (exact) mass is 412 g/mol. The van der Waals surface area contributed by atoms with Gasteiger partial charge in [-0.1, -0.05) is 0 Å². The number of nitrogens with zero attached hydrogens (tertiary/aromatic N) is 3. The van der Waals surface area contributed by atoms with Crippen molar-refractivity contribution in [1.29, 1.82) is 0 Å². The van der Waals surface area contributed by atoms with Crippen LogP contribution in [0.2, 0.25) is 0 Å². The molecular formula is C10H16HgN3O2. The SMILES string of the molecule is CCOC(OCC)c1ncc([N](C)[Hg])cn1. The zero-order valence-corrected chi connectivity index (χ0v) is 15.5. The maximum atomic E-state index is 5.42. The average Bonchev–Trinajstić information content (AvgIpc) is 2.29. The third kappa shape index (κ3) is 3.95. The quantitative estimate of drug-likeness (QED) is 0.525. The molecule has 0 spiro atoms. The Morgan fingerprint density at radius 1 is 1.25 bits per heavy atom. The molecule has 0 amide bonds. The van der Waals surface area contributed by atoms with Gasteiger partial charge >= 0.3 is 113 Å². The molecule has 1 aromatic rings. The van der Waals surface area contributed by atoms with Gasteiger partial charge in [0.05, 0.1) is 0 Å². The minimum atomic E-state index is -0.451. The van der Waals surface area contributed by atoms with E-state index in [9.17, 15) is 0 Å². The predicted molar refractivity (Wildman–Crippen MR) is 56.4 cm³/mol. The van der Waals surface area contributed by atoms with E-state index in [0.29, 0.717) is 45.5 Å². The van der Waals surface area contributed by atoms with Crippen LogP contribution in [0.1, 0.15) is 26.0 Å². The molecule has 5 nitrogen and oxygen atoms in total. The van der Waals surface area contributed by atoms with E-state index in [4.69, 9.17) is 9.47 Å². The molecule has 0 aliphatic heterocycles. The number of hydrogen-bond acceptors (Lipinski definition) is 5. The van der Waals surface area contributed by atoms with E-state index >= 15 is 0 Å². The predicted octanol–water partition coefficient (Wildman–Crippen LogP) is 1.45. The third-order valence-electron chi connectivity index (χ3n) is 1.95. The van der Waals surface area contributed by atoms with Crippen molar-refractivity contribution in [2.45, 2.75) is 20.1 Å². The normalized spacial score (nSPS) is 10.9. The Balaban J connectivity index is 2.76. The molecule has 0 aliphatic rings.